The number of carbonyl (C=O) groups is 1. The molecule has 0 aromatic carbocycles. The van der Waals surface area contributed by atoms with E-state index in [0.29, 0.717) is 5.69 Å². The number of hydrogen-bond acceptors (Lipinski definition) is 5. The van der Waals surface area contributed by atoms with Gasteiger partial charge >= 0.3 is 0 Å². The number of primary sulfonamides is 1. The average molecular weight is 316 g/mol. The molecule has 1 aromatic heterocycles. The molecule has 1 heterocycles. The lowest BCUT2D eigenvalue weighted by atomic mass is 10.1. The number of aromatic nitrogens is 2. The maximum Gasteiger partial charge on any atom is 0.273 e. The van der Waals surface area contributed by atoms with Crippen LogP contribution in [0.4, 0.5) is 0 Å². The summed E-state index contributed by atoms with van der Waals surface area (Å²) in [6.07, 6.45) is 1.72. The van der Waals surface area contributed by atoms with Gasteiger partial charge in [0.1, 0.15) is 4.90 Å². The second-order valence-electron chi connectivity index (χ2n) is 5.91. The molecule has 1 amide bonds. The summed E-state index contributed by atoms with van der Waals surface area (Å²) in [6, 6.07) is 0. The van der Waals surface area contributed by atoms with Gasteiger partial charge in [-0.2, -0.15) is 5.10 Å². The first kappa shape index (κ1) is 15.9. The normalized spacial score (nSPS) is 16.0. The molecule has 0 spiro atoms. The summed E-state index contributed by atoms with van der Waals surface area (Å²) in [6.45, 7) is 3.81. The van der Waals surface area contributed by atoms with Crippen molar-refractivity contribution in [2.24, 2.45) is 5.14 Å². The molecule has 118 valence electrons. The number of sulfonamides is 1. The highest BCUT2D eigenvalue weighted by Gasteiger charge is 2.36. The van der Waals surface area contributed by atoms with Crippen molar-refractivity contribution >= 4 is 15.9 Å². The molecular formula is C12H20N4O4S. The lowest BCUT2D eigenvalue weighted by Gasteiger charge is -2.24. The van der Waals surface area contributed by atoms with Gasteiger partial charge in [0, 0.05) is 13.0 Å². The fourth-order valence-corrected chi connectivity index (χ4v) is 3.13. The number of hydrogen-bond donors (Lipinski definition) is 3. The van der Waals surface area contributed by atoms with E-state index < -0.39 is 21.5 Å². The van der Waals surface area contributed by atoms with Crippen LogP contribution in [-0.4, -0.2) is 43.8 Å². The quantitative estimate of drug-likeness (QED) is 0.685. The zero-order valence-electron chi connectivity index (χ0n) is 12.3. The van der Waals surface area contributed by atoms with Gasteiger partial charge in [0.2, 0.25) is 10.0 Å². The van der Waals surface area contributed by atoms with Gasteiger partial charge in [0.25, 0.3) is 5.91 Å². The molecular weight excluding hydrogens is 296 g/mol. The summed E-state index contributed by atoms with van der Waals surface area (Å²) in [5.74, 6) is -0.511. The SMILES string of the molecule is COCC(C)(C)NC(=O)c1n[nH]c(C2CC2)c1S(N)(=O)=O. The van der Waals surface area contributed by atoms with Gasteiger partial charge in [0.15, 0.2) is 5.69 Å². The molecule has 1 aliphatic rings. The van der Waals surface area contributed by atoms with Crippen molar-refractivity contribution < 1.29 is 17.9 Å². The van der Waals surface area contributed by atoms with E-state index in [9.17, 15) is 13.2 Å². The van der Waals surface area contributed by atoms with Crippen LogP contribution in [0, 0.1) is 0 Å². The van der Waals surface area contributed by atoms with Crippen LogP contribution in [0.3, 0.4) is 0 Å². The Balaban J connectivity index is 2.34. The van der Waals surface area contributed by atoms with Gasteiger partial charge in [0.05, 0.1) is 17.8 Å². The lowest BCUT2D eigenvalue weighted by molar-refractivity contribution is 0.0812. The number of rotatable bonds is 6. The van der Waals surface area contributed by atoms with Crippen LogP contribution in [0.15, 0.2) is 4.90 Å². The number of nitrogens with two attached hydrogens (primary N) is 1. The second kappa shape index (κ2) is 5.39. The number of amides is 1. The van der Waals surface area contributed by atoms with Gasteiger partial charge < -0.3 is 10.1 Å². The standard InChI is InChI=1S/C12H20N4O4S/c1-12(2,6-20-3)14-11(17)9-10(21(13,18)19)8(15-16-9)7-4-5-7/h7H,4-6H2,1-3H3,(H,14,17)(H,15,16)(H2,13,18,19). The summed E-state index contributed by atoms with van der Waals surface area (Å²) in [4.78, 5) is 12.1. The zero-order chi connectivity index (χ0) is 15.8. The first-order chi connectivity index (χ1) is 9.65. The van der Waals surface area contributed by atoms with Crippen LogP contribution in [0.2, 0.25) is 0 Å². The van der Waals surface area contributed by atoms with Crippen LogP contribution >= 0.6 is 0 Å². The van der Waals surface area contributed by atoms with Gasteiger partial charge in [-0.1, -0.05) is 0 Å². The Kier molecular flexibility index (Phi) is 4.09. The molecule has 0 bridgehead atoms. The third kappa shape index (κ3) is 3.60. The minimum Gasteiger partial charge on any atom is -0.382 e. The smallest absolute Gasteiger partial charge is 0.273 e. The fourth-order valence-electron chi connectivity index (χ4n) is 2.20. The van der Waals surface area contributed by atoms with E-state index in [0.717, 1.165) is 12.8 Å². The van der Waals surface area contributed by atoms with E-state index in [1.54, 1.807) is 13.8 Å². The molecule has 2 rings (SSSR count). The summed E-state index contributed by atoms with van der Waals surface area (Å²) < 4.78 is 28.6. The van der Waals surface area contributed by atoms with Crippen molar-refractivity contribution in [3.8, 4) is 0 Å². The molecule has 0 atom stereocenters. The Bertz CT molecular complexity index is 646. The number of methoxy groups -OCH3 is 1. The predicted octanol–water partition coefficient (Wildman–Crippen LogP) is 0.0893. The molecule has 21 heavy (non-hydrogen) atoms. The van der Waals surface area contributed by atoms with Crippen molar-refractivity contribution in [3.05, 3.63) is 11.4 Å². The number of ether oxygens (including phenoxy) is 1. The minimum atomic E-state index is -4.02. The summed E-state index contributed by atoms with van der Waals surface area (Å²) >= 11 is 0. The molecule has 1 aromatic rings. The Labute approximate surface area is 123 Å². The Hall–Kier alpha value is -1.45. The van der Waals surface area contributed by atoms with Crippen LogP contribution in [0.1, 0.15) is 48.8 Å². The van der Waals surface area contributed by atoms with Gasteiger partial charge in [-0.15, -0.1) is 0 Å². The van der Waals surface area contributed by atoms with Gasteiger partial charge in [-0.25, -0.2) is 13.6 Å². The zero-order valence-corrected chi connectivity index (χ0v) is 13.1. The Morgan fingerprint density at radius 3 is 2.62 bits per heavy atom. The fraction of sp³-hybridized carbons (Fsp3) is 0.667. The second-order valence-corrected chi connectivity index (χ2v) is 7.40. The number of nitrogens with zero attached hydrogens (tertiary/aromatic N) is 1. The van der Waals surface area contributed by atoms with Crippen molar-refractivity contribution in [2.75, 3.05) is 13.7 Å². The molecule has 1 saturated carbocycles. The molecule has 4 N–H and O–H groups in total. The van der Waals surface area contributed by atoms with Gasteiger partial charge in [-0.05, 0) is 26.7 Å². The van der Waals surface area contributed by atoms with E-state index in [1.165, 1.54) is 7.11 Å². The number of H-pyrrole nitrogens is 1. The summed E-state index contributed by atoms with van der Waals surface area (Å²) in [7, 11) is -2.51. The van der Waals surface area contributed by atoms with E-state index in [-0.39, 0.29) is 23.1 Å². The lowest BCUT2D eigenvalue weighted by Crippen LogP contribution is -2.47. The van der Waals surface area contributed by atoms with Crippen molar-refractivity contribution in [1.29, 1.82) is 0 Å². The van der Waals surface area contributed by atoms with Crippen molar-refractivity contribution in [1.82, 2.24) is 15.5 Å². The molecule has 8 nitrogen and oxygen atoms in total. The minimum absolute atomic E-state index is 0.0827. The monoisotopic (exact) mass is 316 g/mol. The van der Waals surface area contributed by atoms with E-state index in [1.807, 2.05) is 0 Å². The molecule has 0 aliphatic heterocycles. The van der Waals surface area contributed by atoms with Gasteiger partial charge in [-0.3, -0.25) is 9.89 Å². The number of carbonyl (C=O) groups excluding carboxylic acids is 1. The molecule has 0 unspecified atom stereocenters. The molecule has 1 fully saturated rings. The third-order valence-corrected chi connectivity index (χ3v) is 4.17. The van der Waals surface area contributed by atoms with E-state index in [2.05, 4.69) is 15.5 Å². The largest absolute Gasteiger partial charge is 0.382 e. The van der Waals surface area contributed by atoms with Crippen LogP contribution in [0.25, 0.3) is 0 Å². The predicted molar refractivity (Wildman–Crippen MR) is 75.4 cm³/mol. The van der Waals surface area contributed by atoms with E-state index >= 15 is 0 Å². The molecule has 0 radical (unpaired) electrons. The highest BCUT2D eigenvalue weighted by molar-refractivity contribution is 7.89. The molecule has 1 aliphatic carbocycles. The summed E-state index contributed by atoms with van der Waals surface area (Å²) in [5.41, 5.74) is -0.420. The van der Waals surface area contributed by atoms with E-state index in [4.69, 9.17) is 9.88 Å². The maximum absolute atomic E-state index is 12.3. The number of aromatic amines is 1. The molecule has 9 heteroatoms. The highest BCUT2D eigenvalue weighted by Crippen LogP contribution is 2.42. The molecule has 0 saturated heterocycles. The van der Waals surface area contributed by atoms with Crippen LogP contribution < -0.4 is 10.5 Å². The first-order valence-electron chi connectivity index (χ1n) is 6.58. The average Bonchev–Trinajstić information content (AvgIpc) is 3.05. The highest BCUT2D eigenvalue weighted by atomic mass is 32.2. The third-order valence-electron chi connectivity index (χ3n) is 3.19. The topological polar surface area (TPSA) is 127 Å². The summed E-state index contributed by atoms with van der Waals surface area (Å²) in [5, 5.41) is 14.4. The van der Waals surface area contributed by atoms with Crippen molar-refractivity contribution in [3.63, 3.8) is 0 Å². The van der Waals surface area contributed by atoms with Crippen LogP contribution in [0.5, 0.6) is 0 Å². The van der Waals surface area contributed by atoms with Crippen LogP contribution in [-0.2, 0) is 14.8 Å². The Morgan fingerprint density at radius 1 is 1.52 bits per heavy atom. The first-order valence-corrected chi connectivity index (χ1v) is 8.13. The number of nitrogens with one attached hydrogen (secondary N) is 2. The van der Waals surface area contributed by atoms with Crippen molar-refractivity contribution in [2.45, 2.75) is 43.0 Å². The Morgan fingerprint density at radius 2 is 2.14 bits per heavy atom. The maximum atomic E-state index is 12.3.